The molecule has 0 aromatic heterocycles. The third kappa shape index (κ3) is 9.21. The molecule has 0 saturated heterocycles. The first-order valence-electron chi connectivity index (χ1n) is 9.09. The maximum Gasteiger partial charge on any atom is 0.328 e. The smallest absolute Gasteiger partial charge is 0.328 e. The van der Waals surface area contributed by atoms with E-state index in [1.54, 1.807) is 0 Å². The zero-order valence-corrected chi connectivity index (χ0v) is 15.9. The molecule has 0 fully saturated rings. The lowest BCUT2D eigenvalue weighted by Gasteiger charge is -2.24. The van der Waals surface area contributed by atoms with Gasteiger partial charge in [-0.2, -0.15) is 8.42 Å². The Balaban J connectivity index is 4.16. The molecule has 0 aliphatic heterocycles. The number of unbranched alkanes of at least 4 members (excludes halogenated alkanes) is 10. The van der Waals surface area contributed by atoms with Gasteiger partial charge in [-0.25, -0.2) is 0 Å². The van der Waals surface area contributed by atoms with Crippen molar-refractivity contribution in [1.82, 2.24) is 0 Å². The van der Waals surface area contributed by atoms with Gasteiger partial charge in [-0.05, 0) is 6.42 Å². The average Bonchev–Trinajstić information content (AvgIpc) is 2.49. The van der Waals surface area contributed by atoms with Crippen LogP contribution < -0.4 is 0 Å². The van der Waals surface area contributed by atoms with Crippen molar-refractivity contribution in [3.8, 4) is 0 Å². The molecule has 1 atom stereocenters. The van der Waals surface area contributed by atoms with E-state index in [4.69, 9.17) is 10.2 Å². The second kappa shape index (κ2) is 12.2. The topological polar surface area (TPSA) is 129 Å². The van der Waals surface area contributed by atoms with Gasteiger partial charge in [0.05, 0.1) is 6.42 Å². The minimum absolute atomic E-state index is 0.246. The largest absolute Gasteiger partial charge is 0.481 e. The summed E-state index contributed by atoms with van der Waals surface area (Å²) >= 11 is 0. The highest BCUT2D eigenvalue weighted by Gasteiger charge is 2.51. The van der Waals surface area contributed by atoms with Gasteiger partial charge < -0.3 is 10.2 Å². The van der Waals surface area contributed by atoms with Gasteiger partial charge in [0.1, 0.15) is 0 Å². The first-order valence-corrected chi connectivity index (χ1v) is 10.5. The standard InChI is InChI=1S/C17H32O7S/c1-2-3-4-5-6-7-8-9-10-11-12-13-17(16(20)21,14-15(18)19)25(22,23)24/h2-14H2,1H3,(H,18,19)(H,20,21)(H,22,23,24)/t17-/m0/s1. The molecule has 25 heavy (non-hydrogen) atoms. The van der Waals surface area contributed by atoms with E-state index in [0.29, 0.717) is 6.42 Å². The van der Waals surface area contributed by atoms with E-state index in [9.17, 15) is 22.6 Å². The molecular weight excluding hydrogens is 348 g/mol. The molecular formula is C17H32O7S. The van der Waals surface area contributed by atoms with E-state index in [0.717, 1.165) is 25.7 Å². The average molecular weight is 381 g/mol. The number of hydrogen-bond donors (Lipinski definition) is 3. The molecule has 0 spiro atoms. The maximum atomic E-state index is 11.5. The quantitative estimate of drug-likeness (QED) is 0.274. The minimum atomic E-state index is -5.01. The van der Waals surface area contributed by atoms with Gasteiger partial charge in [-0.3, -0.25) is 14.1 Å². The summed E-state index contributed by atoms with van der Waals surface area (Å²) in [6.45, 7) is 2.18. The van der Waals surface area contributed by atoms with Gasteiger partial charge in [0.15, 0.2) is 0 Å². The predicted molar refractivity (Wildman–Crippen MR) is 95.2 cm³/mol. The summed E-state index contributed by atoms with van der Waals surface area (Å²) in [5, 5.41) is 18.0. The summed E-state index contributed by atoms with van der Waals surface area (Å²) < 4.78 is 29.5. The zero-order chi connectivity index (χ0) is 19.3. The number of carboxylic acids is 2. The maximum absolute atomic E-state index is 11.5. The molecule has 0 bridgehead atoms. The summed E-state index contributed by atoms with van der Waals surface area (Å²) in [5.74, 6) is -3.38. The summed E-state index contributed by atoms with van der Waals surface area (Å²) in [5.41, 5.74) is 0. The lowest BCUT2D eigenvalue weighted by molar-refractivity contribution is -0.147. The molecule has 0 radical (unpaired) electrons. The van der Waals surface area contributed by atoms with E-state index in [2.05, 4.69) is 6.92 Å². The van der Waals surface area contributed by atoms with Crippen LogP contribution in [0.15, 0.2) is 0 Å². The third-order valence-corrected chi connectivity index (χ3v) is 6.02. The van der Waals surface area contributed by atoms with Crippen molar-refractivity contribution in [1.29, 1.82) is 0 Å². The Morgan fingerprint density at radius 3 is 1.52 bits per heavy atom. The minimum Gasteiger partial charge on any atom is -0.481 e. The number of aliphatic carboxylic acids is 2. The molecule has 8 heteroatoms. The Morgan fingerprint density at radius 2 is 1.20 bits per heavy atom. The van der Waals surface area contributed by atoms with E-state index in [1.165, 1.54) is 32.1 Å². The number of rotatable bonds is 16. The fourth-order valence-corrected chi connectivity index (χ4v) is 3.85. The van der Waals surface area contributed by atoms with Gasteiger partial charge in [0.25, 0.3) is 10.1 Å². The van der Waals surface area contributed by atoms with E-state index < -0.39 is 39.6 Å². The van der Waals surface area contributed by atoms with Crippen LogP contribution in [-0.2, 0) is 19.7 Å². The van der Waals surface area contributed by atoms with Crippen LogP contribution in [0.2, 0.25) is 0 Å². The summed E-state index contributed by atoms with van der Waals surface area (Å²) in [4.78, 5) is 22.1. The summed E-state index contributed by atoms with van der Waals surface area (Å²) in [7, 11) is -5.01. The Labute approximate surface area is 150 Å². The number of carbonyl (C=O) groups is 2. The molecule has 0 aliphatic rings. The van der Waals surface area contributed by atoms with Crippen molar-refractivity contribution >= 4 is 22.1 Å². The second-order valence-electron chi connectivity index (χ2n) is 6.63. The number of hydrogen-bond acceptors (Lipinski definition) is 4. The number of carboxylic acid groups (broad SMARTS) is 2. The molecule has 0 aromatic rings. The fourth-order valence-electron chi connectivity index (χ4n) is 2.92. The van der Waals surface area contributed by atoms with E-state index in [-0.39, 0.29) is 6.42 Å². The van der Waals surface area contributed by atoms with Crippen molar-refractivity contribution in [3.05, 3.63) is 0 Å². The van der Waals surface area contributed by atoms with Crippen molar-refractivity contribution in [2.45, 2.75) is 95.1 Å². The van der Waals surface area contributed by atoms with Gasteiger partial charge >= 0.3 is 11.9 Å². The molecule has 0 saturated carbocycles. The molecule has 148 valence electrons. The van der Waals surface area contributed by atoms with Crippen LogP contribution in [0.1, 0.15) is 90.4 Å². The molecule has 0 rings (SSSR count). The first-order chi connectivity index (χ1) is 11.7. The Hall–Kier alpha value is -1.15. The van der Waals surface area contributed by atoms with Crippen LogP contribution >= 0.6 is 0 Å². The summed E-state index contributed by atoms with van der Waals surface area (Å²) in [6.07, 6.45) is 9.62. The molecule has 0 aromatic carbocycles. The van der Waals surface area contributed by atoms with Crippen LogP contribution in [0.5, 0.6) is 0 Å². The van der Waals surface area contributed by atoms with Crippen LogP contribution in [-0.4, -0.2) is 39.9 Å². The Morgan fingerprint density at radius 1 is 0.800 bits per heavy atom. The Kier molecular flexibility index (Phi) is 11.7. The lowest BCUT2D eigenvalue weighted by Crippen LogP contribution is -2.48. The van der Waals surface area contributed by atoms with Gasteiger partial charge in [-0.15, -0.1) is 0 Å². The molecule has 0 heterocycles. The summed E-state index contributed by atoms with van der Waals surface area (Å²) in [6, 6.07) is 0. The fraction of sp³-hybridized carbons (Fsp3) is 0.882. The van der Waals surface area contributed by atoms with Crippen molar-refractivity contribution in [3.63, 3.8) is 0 Å². The molecule has 0 aliphatic carbocycles. The third-order valence-electron chi connectivity index (χ3n) is 4.50. The highest BCUT2D eigenvalue weighted by molar-refractivity contribution is 7.88. The van der Waals surface area contributed by atoms with Crippen LogP contribution in [0.3, 0.4) is 0 Å². The normalized spacial score (nSPS) is 14.2. The van der Waals surface area contributed by atoms with Crippen molar-refractivity contribution in [2.24, 2.45) is 0 Å². The van der Waals surface area contributed by atoms with Gasteiger partial charge in [0, 0.05) is 0 Å². The van der Waals surface area contributed by atoms with Gasteiger partial charge in [-0.1, -0.05) is 77.6 Å². The monoisotopic (exact) mass is 380 g/mol. The van der Waals surface area contributed by atoms with Gasteiger partial charge in [0.2, 0.25) is 4.75 Å². The SMILES string of the molecule is CCCCCCCCCCCCC[C@](CC(=O)O)(C(=O)O)S(=O)(=O)O. The first kappa shape index (κ1) is 23.9. The van der Waals surface area contributed by atoms with Crippen LogP contribution in [0.4, 0.5) is 0 Å². The molecule has 3 N–H and O–H groups in total. The second-order valence-corrected chi connectivity index (χ2v) is 8.36. The molecule has 0 unspecified atom stereocenters. The predicted octanol–water partition coefficient (Wildman–Crippen LogP) is 3.87. The molecule has 7 nitrogen and oxygen atoms in total. The van der Waals surface area contributed by atoms with Crippen molar-refractivity contribution < 1.29 is 32.8 Å². The highest BCUT2D eigenvalue weighted by Crippen LogP contribution is 2.29. The lowest BCUT2D eigenvalue weighted by atomic mass is 9.96. The van der Waals surface area contributed by atoms with Crippen LogP contribution in [0, 0.1) is 0 Å². The Bertz CT molecular complexity index is 501. The zero-order valence-electron chi connectivity index (χ0n) is 15.1. The van der Waals surface area contributed by atoms with E-state index in [1.807, 2.05) is 0 Å². The molecule has 0 amide bonds. The van der Waals surface area contributed by atoms with Crippen molar-refractivity contribution in [2.75, 3.05) is 0 Å². The van der Waals surface area contributed by atoms with Crippen LogP contribution in [0.25, 0.3) is 0 Å². The highest BCUT2D eigenvalue weighted by atomic mass is 32.2. The van der Waals surface area contributed by atoms with E-state index >= 15 is 0 Å².